The summed E-state index contributed by atoms with van der Waals surface area (Å²) in [5.41, 5.74) is -0.151. The lowest BCUT2D eigenvalue weighted by Crippen LogP contribution is -2.50. The summed E-state index contributed by atoms with van der Waals surface area (Å²) in [5.74, 6) is 0. The van der Waals surface area contributed by atoms with Gasteiger partial charge in [0.2, 0.25) is 0 Å². The fourth-order valence-electron chi connectivity index (χ4n) is 4.19. The summed E-state index contributed by atoms with van der Waals surface area (Å²) in [6.07, 6.45) is 13.8. The maximum Gasteiger partial charge on any atom is 0.286 e. The maximum atomic E-state index is 9.17. The molecule has 3 heteroatoms. The van der Waals surface area contributed by atoms with Crippen molar-refractivity contribution in [3.8, 4) is 6.26 Å². The average Bonchev–Trinajstić information content (AvgIpc) is 2.63. The van der Waals surface area contributed by atoms with Crippen LogP contribution in [0, 0.1) is 16.9 Å². The van der Waals surface area contributed by atoms with E-state index in [2.05, 4.69) is 6.92 Å². The molecular formula is C16H27NO2. The smallest absolute Gasteiger partial charge is 0.286 e. The van der Waals surface area contributed by atoms with Gasteiger partial charge in [0.1, 0.15) is 5.60 Å². The van der Waals surface area contributed by atoms with E-state index in [4.69, 9.17) is 14.7 Å². The molecule has 2 aliphatic rings. The molecule has 0 amide bonds. The number of nitriles is 1. The van der Waals surface area contributed by atoms with Crippen molar-refractivity contribution in [1.29, 1.82) is 5.26 Å². The van der Waals surface area contributed by atoms with Crippen LogP contribution in [0.1, 0.15) is 71.1 Å². The molecule has 108 valence electrons. The third-order valence-corrected chi connectivity index (χ3v) is 5.55. The second kappa shape index (κ2) is 6.13. The minimum atomic E-state index is -0.292. The third-order valence-electron chi connectivity index (χ3n) is 5.55. The quantitative estimate of drug-likeness (QED) is 0.568. The number of hydrogen-bond donors (Lipinski definition) is 0. The largest absolute Gasteiger partial charge is 0.420 e. The van der Waals surface area contributed by atoms with Gasteiger partial charge in [-0.15, -0.1) is 0 Å². The van der Waals surface area contributed by atoms with Crippen LogP contribution in [0.3, 0.4) is 0 Å². The molecule has 2 fully saturated rings. The van der Waals surface area contributed by atoms with Gasteiger partial charge in [-0.2, -0.15) is 5.26 Å². The van der Waals surface area contributed by atoms with E-state index < -0.39 is 0 Å². The zero-order valence-electron chi connectivity index (χ0n) is 12.4. The van der Waals surface area contributed by atoms with E-state index >= 15 is 0 Å². The van der Waals surface area contributed by atoms with Crippen LogP contribution in [0.4, 0.5) is 0 Å². The predicted molar refractivity (Wildman–Crippen MR) is 74.5 cm³/mol. The molecule has 0 aromatic carbocycles. The third kappa shape index (κ3) is 2.89. The molecule has 2 saturated carbocycles. The van der Waals surface area contributed by atoms with Gasteiger partial charge in [0.15, 0.2) is 0 Å². The van der Waals surface area contributed by atoms with Crippen molar-refractivity contribution >= 4 is 0 Å². The van der Waals surface area contributed by atoms with Crippen LogP contribution in [-0.2, 0) is 9.47 Å². The molecule has 2 atom stereocenters. The van der Waals surface area contributed by atoms with E-state index in [9.17, 15) is 0 Å². The topological polar surface area (TPSA) is 42.2 Å². The van der Waals surface area contributed by atoms with E-state index in [0.29, 0.717) is 0 Å². The Morgan fingerprint density at radius 1 is 1.05 bits per heavy atom. The Labute approximate surface area is 117 Å². The van der Waals surface area contributed by atoms with Crippen LogP contribution in [0.5, 0.6) is 0 Å². The van der Waals surface area contributed by atoms with E-state index in [-0.39, 0.29) is 17.1 Å². The van der Waals surface area contributed by atoms with E-state index in [1.807, 2.05) is 6.26 Å². The Morgan fingerprint density at radius 3 is 2.37 bits per heavy atom. The normalized spacial score (nSPS) is 35.1. The molecule has 2 rings (SSSR count). The molecule has 0 saturated heterocycles. The van der Waals surface area contributed by atoms with Crippen LogP contribution < -0.4 is 0 Å². The Hall–Kier alpha value is -0.750. The second-order valence-electron chi connectivity index (χ2n) is 6.62. The zero-order chi connectivity index (χ0) is 13.8. The van der Waals surface area contributed by atoms with Crippen LogP contribution in [-0.4, -0.2) is 18.8 Å². The molecule has 0 radical (unpaired) electrons. The Kier molecular flexibility index (Phi) is 4.73. The Balaban J connectivity index is 2.26. The summed E-state index contributed by atoms with van der Waals surface area (Å²) in [7, 11) is 1.79. The summed E-state index contributed by atoms with van der Waals surface area (Å²) in [6, 6.07) is 0. The van der Waals surface area contributed by atoms with Crippen molar-refractivity contribution in [1.82, 2.24) is 0 Å². The summed E-state index contributed by atoms with van der Waals surface area (Å²) < 4.78 is 11.4. The van der Waals surface area contributed by atoms with Gasteiger partial charge in [-0.25, -0.2) is 0 Å². The number of hydrogen-bond acceptors (Lipinski definition) is 3. The van der Waals surface area contributed by atoms with Crippen molar-refractivity contribution in [3.63, 3.8) is 0 Å². The second-order valence-corrected chi connectivity index (χ2v) is 6.62. The van der Waals surface area contributed by atoms with E-state index in [1.54, 1.807) is 7.11 Å². The maximum absolute atomic E-state index is 9.17. The lowest BCUT2D eigenvalue weighted by molar-refractivity contribution is -0.123. The zero-order valence-corrected chi connectivity index (χ0v) is 12.4. The standard InChI is InChI=1S/C16H27NO2/c1-15(9-5-3-6-10-15)16(19-13-17)11-7-4-8-14(12-16)18-2/h14H,3-12H2,1-2H3. The average molecular weight is 265 g/mol. The van der Waals surface area contributed by atoms with Gasteiger partial charge in [-0.1, -0.05) is 32.6 Å². The van der Waals surface area contributed by atoms with Gasteiger partial charge in [0.05, 0.1) is 6.10 Å². The summed E-state index contributed by atoms with van der Waals surface area (Å²) >= 11 is 0. The first-order valence-electron chi connectivity index (χ1n) is 7.76. The highest BCUT2D eigenvalue weighted by atomic mass is 16.5. The first-order chi connectivity index (χ1) is 9.16. The highest BCUT2D eigenvalue weighted by Crippen LogP contribution is 2.52. The van der Waals surface area contributed by atoms with Crippen LogP contribution >= 0.6 is 0 Å². The van der Waals surface area contributed by atoms with Crippen LogP contribution in [0.15, 0.2) is 0 Å². The van der Waals surface area contributed by atoms with Gasteiger partial charge < -0.3 is 9.47 Å². The molecule has 0 aromatic rings. The summed E-state index contributed by atoms with van der Waals surface area (Å²) in [4.78, 5) is 0. The molecule has 0 N–H and O–H groups in total. The van der Waals surface area contributed by atoms with Gasteiger partial charge in [-0.05, 0) is 32.1 Å². The van der Waals surface area contributed by atoms with E-state index in [1.165, 1.54) is 38.5 Å². The highest BCUT2D eigenvalue weighted by Gasteiger charge is 2.52. The molecule has 0 aliphatic heterocycles. The fourth-order valence-corrected chi connectivity index (χ4v) is 4.19. The Morgan fingerprint density at radius 2 is 1.74 bits per heavy atom. The monoisotopic (exact) mass is 265 g/mol. The fraction of sp³-hybridized carbons (Fsp3) is 0.938. The minimum Gasteiger partial charge on any atom is -0.420 e. The first kappa shape index (κ1) is 14.7. The Bertz CT molecular complexity index is 330. The molecular weight excluding hydrogens is 238 g/mol. The molecule has 3 nitrogen and oxygen atoms in total. The lowest BCUT2D eigenvalue weighted by atomic mass is 9.61. The molecule has 19 heavy (non-hydrogen) atoms. The predicted octanol–water partition coefficient (Wildman–Crippen LogP) is 4.17. The first-order valence-corrected chi connectivity index (χ1v) is 7.76. The van der Waals surface area contributed by atoms with Gasteiger partial charge in [-0.3, -0.25) is 0 Å². The van der Waals surface area contributed by atoms with E-state index in [0.717, 1.165) is 25.7 Å². The lowest BCUT2D eigenvalue weighted by Gasteiger charge is -2.49. The number of rotatable bonds is 3. The van der Waals surface area contributed by atoms with Crippen LogP contribution in [0.25, 0.3) is 0 Å². The molecule has 2 aliphatic carbocycles. The molecule has 0 bridgehead atoms. The van der Waals surface area contributed by atoms with Crippen molar-refractivity contribution < 1.29 is 9.47 Å². The van der Waals surface area contributed by atoms with Crippen molar-refractivity contribution in [2.75, 3.05) is 7.11 Å². The number of nitrogens with zero attached hydrogens (tertiary/aromatic N) is 1. The van der Waals surface area contributed by atoms with Crippen molar-refractivity contribution in [3.05, 3.63) is 0 Å². The van der Waals surface area contributed by atoms with Crippen LogP contribution in [0.2, 0.25) is 0 Å². The number of ether oxygens (including phenoxy) is 2. The van der Waals surface area contributed by atoms with Gasteiger partial charge in [0, 0.05) is 18.9 Å². The summed E-state index contributed by atoms with van der Waals surface area (Å²) in [5, 5.41) is 9.17. The highest BCUT2D eigenvalue weighted by molar-refractivity contribution is 5.02. The van der Waals surface area contributed by atoms with Gasteiger partial charge in [0.25, 0.3) is 6.26 Å². The van der Waals surface area contributed by atoms with Crippen molar-refractivity contribution in [2.24, 2.45) is 5.41 Å². The number of methoxy groups -OCH3 is 1. The minimum absolute atomic E-state index is 0.141. The molecule has 2 unspecified atom stereocenters. The SMILES string of the molecule is COC1CCCCC(OC#N)(C2(C)CCCCC2)C1. The summed E-state index contributed by atoms with van der Waals surface area (Å²) in [6.45, 7) is 2.33. The molecule has 0 spiro atoms. The van der Waals surface area contributed by atoms with Gasteiger partial charge >= 0.3 is 0 Å². The van der Waals surface area contributed by atoms with Crippen molar-refractivity contribution in [2.45, 2.75) is 82.8 Å². The molecule has 0 heterocycles. The molecule has 0 aromatic heterocycles.